The van der Waals surface area contributed by atoms with Crippen LogP contribution in [0.25, 0.3) is 0 Å². The first kappa shape index (κ1) is 16.6. The number of hydrogen-bond donors (Lipinski definition) is 2. The Bertz CT molecular complexity index is 565. The van der Waals surface area contributed by atoms with Crippen molar-refractivity contribution in [2.45, 2.75) is 30.8 Å². The molecule has 3 N–H and O–H groups in total. The van der Waals surface area contributed by atoms with Crippen molar-refractivity contribution in [2.75, 3.05) is 14.1 Å². The molecule has 0 radical (unpaired) electrons. The summed E-state index contributed by atoms with van der Waals surface area (Å²) < 4.78 is 25.0. The Balaban J connectivity index is 2.89. The zero-order valence-electron chi connectivity index (χ0n) is 12.1. The zero-order valence-corrected chi connectivity index (χ0v) is 12.9. The van der Waals surface area contributed by atoms with E-state index >= 15 is 0 Å². The van der Waals surface area contributed by atoms with Crippen LogP contribution in [0, 0.1) is 0 Å². The number of amides is 1. The van der Waals surface area contributed by atoms with Crippen molar-refractivity contribution in [1.82, 2.24) is 9.62 Å². The molecule has 2 unspecified atom stereocenters. The van der Waals surface area contributed by atoms with E-state index in [1.807, 2.05) is 6.92 Å². The Hall–Kier alpha value is -1.44. The van der Waals surface area contributed by atoms with Crippen molar-refractivity contribution in [3.63, 3.8) is 0 Å². The lowest BCUT2D eigenvalue weighted by atomic mass is 10.1. The van der Waals surface area contributed by atoms with Crippen molar-refractivity contribution < 1.29 is 13.2 Å². The van der Waals surface area contributed by atoms with E-state index in [2.05, 4.69) is 5.32 Å². The topological polar surface area (TPSA) is 92.5 Å². The highest BCUT2D eigenvalue weighted by atomic mass is 32.2. The number of rotatable bonds is 5. The van der Waals surface area contributed by atoms with Gasteiger partial charge in [0.05, 0.1) is 17.0 Å². The number of nitrogens with zero attached hydrogens (tertiary/aromatic N) is 1. The first-order chi connectivity index (χ1) is 9.16. The van der Waals surface area contributed by atoms with Crippen LogP contribution in [0.4, 0.5) is 0 Å². The van der Waals surface area contributed by atoms with E-state index in [1.165, 1.54) is 26.2 Å². The largest absolute Gasteiger partial charge is 0.348 e. The highest BCUT2D eigenvalue weighted by molar-refractivity contribution is 7.89. The van der Waals surface area contributed by atoms with Gasteiger partial charge >= 0.3 is 0 Å². The lowest BCUT2D eigenvalue weighted by Crippen LogP contribution is -2.39. The predicted octanol–water partition coefficient (Wildman–Crippen LogP) is 0.461. The van der Waals surface area contributed by atoms with Gasteiger partial charge in [-0.05, 0) is 31.5 Å². The highest BCUT2D eigenvalue weighted by Crippen LogP contribution is 2.18. The fraction of sp³-hybridized carbons (Fsp3) is 0.462. The SMILES string of the molecule is CC(N)C(=O)NC(C)c1ccc(S(=O)(=O)N(C)C)cc1. The molecule has 2 atom stereocenters. The number of nitrogens with one attached hydrogen (secondary N) is 1. The molecule has 1 amide bonds. The molecule has 0 aliphatic carbocycles. The summed E-state index contributed by atoms with van der Waals surface area (Å²) in [5.41, 5.74) is 6.30. The first-order valence-corrected chi connectivity index (χ1v) is 7.68. The number of carbonyl (C=O) groups excluding carboxylic acids is 1. The molecule has 0 spiro atoms. The maximum atomic E-state index is 11.9. The van der Waals surface area contributed by atoms with Crippen molar-refractivity contribution in [3.05, 3.63) is 29.8 Å². The molecule has 7 heteroatoms. The Morgan fingerprint density at radius 1 is 1.20 bits per heavy atom. The molecular formula is C13H21N3O3S. The zero-order chi connectivity index (χ0) is 15.5. The predicted molar refractivity (Wildman–Crippen MR) is 77.5 cm³/mol. The maximum Gasteiger partial charge on any atom is 0.242 e. The quantitative estimate of drug-likeness (QED) is 0.826. The second kappa shape index (κ2) is 6.34. The van der Waals surface area contributed by atoms with Crippen LogP contribution in [0.1, 0.15) is 25.5 Å². The minimum Gasteiger partial charge on any atom is -0.348 e. The summed E-state index contributed by atoms with van der Waals surface area (Å²) in [5, 5.41) is 2.75. The Labute approximate surface area is 120 Å². The van der Waals surface area contributed by atoms with Crippen LogP contribution in [0.15, 0.2) is 29.2 Å². The van der Waals surface area contributed by atoms with Crippen LogP contribution in [-0.2, 0) is 14.8 Å². The summed E-state index contributed by atoms with van der Waals surface area (Å²) in [4.78, 5) is 11.7. The minimum absolute atomic E-state index is 0.219. The van der Waals surface area contributed by atoms with E-state index in [-0.39, 0.29) is 16.8 Å². The van der Waals surface area contributed by atoms with Gasteiger partial charge in [-0.25, -0.2) is 12.7 Å². The van der Waals surface area contributed by atoms with E-state index in [0.717, 1.165) is 9.87 Å². The van der Waals surface area contributed by atoms with Crippen LogP contribution in [-0.4, -0.2) is 38.8 Å². The van der Waals surface area contributed by atoms with Gasteiger partial charge in [0.1, 0.15) is 0 Å². The maximum absolute atomic E-state index is 11.9. The third kappa shape index (κ3) is 3.78. The Morgan fingerprint density at radius 2 is 1.70 bits per heavy atom. The molecule has 0 heterocycles. The van der Waals surface area contributed by atoms with Gasteiger partial charge < -0.3 is 11.1 Å². The molecule has 112 valence electrons. The number of carbonyl (C=O) groups is 1. The summed E-state index contributed by atoms with van der Waals surface area (Å²) in [7, 11) is -0.468. The van der Waals surface area contributed by atoms with E-state index in [9.17, 15) is 13.2 Å². The average Bonchev–Trinajstić information content (AvgIpc) is 2.38. The van der Waals surface area contributed by atoms with Gasteiger partial charge in [-0.3, -0.25) is 4.79 Å². The highest BCUT2D eigenvalue weighted by Gasteiger charge is 2.18. The van der Waals surface area contributed by atoms with Crippen LogP contribution >= 0.6 is 0 Å². The van der Waals surface area contributed by atoms with Gasteiger partial charge in [-0.2, -0.15) is 0 Å². The van der Waals surface area contributed by atoms with Crippen molar-refractivity contribution in [1.29, 1.82) is 0 Å². The molecule has 0 saturated heterocycles. The molecule has 1 aromatic rings. The summed E-state index contributed by atoms with van der Waals surface area (Å²) in [6.07, 6.45) is 0. The molecule has 0 fully saturated rings. The van der Waals surface area contributed by atoms with Crippen LogP contribution in [0.3, 0.4) is 0 Å². The van der Waals surface area contributed by atoms with E-state index in [1.54, 1.807) is 19.1 Å². The molecular weight excluding hydrogens is 278 g/mol. The van der Waals surface area contributed by atoms with E-state index < -0.39 is 16.1 Å². The van der Waals surface area contributed by atoms with Gasteiger partial charge in [-0.15, -0.1) is 0 Å². The standard InChI is InChI=1S/C13H21N3O3S/c1-9(14)13(17)15-10(2)11-5-7-12(8-6-11)20(18,19)16(3)4/h5-10H,14H2,1-4H3,(H,15,17). The number of hydrogen-bond acceptors (Lipinski definition) is 4. The third-order valence-electron chi connectivity index (χ3n) is 2.93. The molecule has 0 saturated carbocycles. The normalized spacial score (nSPS) is 14.9. The van der Waals surface area contributed by atoms with Crippen molar-refractivity contribution >= 4 is 15.9 Å². The van der Waals surface area contributed by atoms with Gasteiger partial charge in [0, 0.05) is 14.1 Å². The smallest absolute Gasteiger partial charge is 0.242 e. The van der Waals surface area contributed by atoms with Gasteiger partial charge in [0.15, 0.2) is 0 Å². The Morgan fingerprint density at radius 3 is 2.10 bits per heavy atom. The summed E-state index contributed by atoms with van der Waals surface area (Å²) in [6.45, 7) is 3.42. The molecule has 1 aromatic carbocycles. The van der Waals surface area contributed by atoms with Gasteiger partial charge in [0.25, 0.3) is 0 Å². The fourth-order valence-corrected chi connectivity index (χ4v) is 2.47. The second-order valence-corrected chi connectivity index (χ2v) is 7.03. The van der Waals surface area contributed by atoms with Gasteiger partial charge in [-0.1, -0.05) is 12.1 Å². The number of nitrogens with two attached hydrogens (primary N) is 1. The van der Waals surface area contributed by atoms with E-state index in [4.69, 9.17) is 5.73 Å². The summed E-state index contributed by atoms with van der Waals surface area (Å²) >= 11 is 0. The number of sulfonamides is 1. The molecule has 0 bridgehead atoms. The van der Waals surface area contributed by atoms with E-state index in [0.29, 0.717) is 0 Å². The van der Waals surface area contributed by atoms with Crippen molar-refractivity contribution in [2.24, 2.45) is 5.73 Å². The molecule has 6 nitrogen and oxygen atoms in total. The molecule has 0 aliphatic rings. The average molecular weight is 299 g/mol. The number of benzene rings is 1. The molecule has 0 aromatic heterocycles. The van der Waals surface area contributed by atoms with Crippen LogP contribution in [0.2, 0.25) is 0 Å². The molecule has 20 heavy (non-hydrogen) atoms. The molecule has 0 aliphatic heterocycles. The molecule has 1 rings (SSSR count). The van der Waals surface area contributed by atoms with Crippen LogP contribution < -0.4 is 11.1 Å². The summed E-state index contributed by atoms with van der Waals surface area (Å²) in [5.74, 6) is -0.248. The first-order valence-electron chi connectivity index (χ1n) is 6.24. The second-order valence-electron chi connectivity index (χ2n) is 4.88. The van der Waals surface area contributed by atoms with Gasteiger partial charge in [0.2, 0.25) is 15.9 Å². The lowest BCUT2D eigenvalue weighted by Gasteiger charge is -2.17. The monoisotopic (exact) mass is 299 g/mol. The van der Waals surface area contributed by atoms with Crippen molar-refractivity contribution in [3.8, 4) is 0 Å². The minimum atomic E-state index is -3.43. The van der Waals surface area contributed by atoms with Crippen LogP contribution in [0.5, 0.6) is 0 Å². The lowest BCUT2D eigenvalue weighted by molar-refractivity contribution is -0.122. The third-order valence-corrected chi connectivity index (χ3v) is 4.76. The fourth-order valence-electron chi connectivity index (χ4n) is 1.57. The summed E-state index contributed by atoms with van der Waals surface area (Å²) in [6, 6.07) is 5.61. The Kier molecular flexibility index (Phi) is 5.27.